The summed E-state index contributed by atoms with van der Waals surface area (Å²) in [7, 11) is 3.77. The monoisotopic (exact) mass is 235 g/mol. The van der Waals surface area contributed by atoms with Crippen molar-refractivity contribution in [3.05, 3.63) is 28.8 Å². The Labute approximate surface area is 105 Å². The lowest BCUT2D eigenvalue weighted by molar-refractivity contribution is 0.398. The van der Waals surface area contributed by atoms with E-state index in [0.29, 0.717) is 12.0 Å². The second-order valence-electron chi connectivity index (χ2n) is 4.96. The van der Waals surface area contributed by atoms with E-state index in [9.17, 15) is 0 Å². The number of benzene rings is 1. The summed E-state index contributed by atoms with van der Waals surface area (Å²) < 4.78 is 5.57. The number of nitrogens with one attached hydrogen (secondary N) is 1. The van der Waals surface area contributed by atoms with Crippen molar-refractivity contribution in [2.75, 3.05) is 14.2 Å². The molecular weight excluding hydrogens is 210 g/mol. The lowest BCUT2D eigenvalue weighted by Crippen LogP contribution is -2.23. The van der Waals surface area contributed by atoms with Gasteiger partial charge in [-0.05, 0) is 56.8 Å². The Balaban J connectivity index is 3.01. The van der Waals surface area contributed by atoms with Crippen LogP contribution in [0.2, 0.25) is 0 Å². The van der Waals surface area contributed by atoms with E-state index in [-0.39, 0.29) is 0 Å². The molecule has 1 N–H and O–H groups in total. The fourth-order valence-electron chi connectivity index (χ4n) is 2.25. The van der Waals surface area contributed by atoms with Gasteiger partial charge in [-0.3, -0.25) is 0 Å². The van der Waals surface area contributed by atoms with Crippen molar-refractivity contribution in [2.24, 2.45) is 0 Å². The van der Waals surface area contributed by atoms with E-state index >= 15 is 0 Å². The SMILES string of the molecule is CNC(C)CC(C)c1ccc(C)c(C)c1OC. The van der Waals surface area contributed by atoms with Gasteiger partial charge in [0.25, 0.3) is 0 Å². The molecule has 2 heteroatoms. The molecule has 96 valence electrons. The number of methoxy groups -OCH3 is 1. The van der Waals surface area contributed by atoms with Crippen molar-refractivity contribution in [1.29, 1.82) is 0 Å². The Morgan fingerprint density at radius 3 is 2.41 bits per heavy atom. The van der Waals surface area contributed by atoms with Crippen LogP contribution >= 0.6 is 0 Å². The van der Waals surface area contributed by atoms with Crippen molar-refractivity contribution in [3.8, 4) is 5.75 Å². The highest BCUT2D eigenvalue weighted by atomic mass is 16.5. The van der Waals surface area contributed by atoms with E-state index in [1.807, 2.05) is 7.05 Å². The maximum absolute atomic E-state index is 5.57. The summed E-state index contributed by atoms with van der Waals surface area (Å²) in [4.78, 5) is 0. The Bertz CT molecular complexity index is 373. The molecule has 0 bridgehead atoms. The predicted octanol–water partition coefficient (Wildman–Crippen LogP) is 3.41. The van der Waals surface area contributed by atoms with Crippen LogP contribution in [0.3, 0.4) is 0 Å². The van der Waals surface area contributed by atoms with Gasteiger partial charge in [0.1, 0.15) is 5.75 Å². The van der Waals surface area contributed by atoms with Crippen LogP contribution < -0.4 is 10.1 Å². The van der Waals surface area contributed by atoms with Gasteiger partial charge in [0, 0.05) is 6.04 Å². The van der Waals surface area contributed by atoms with E-state index in [0.717, 1.165) is 12.2 Å². The minimum atomic E-state index is 0.506. The summed E-state index contributed by atoms with van der Waals surface area (Å²) in [5.41, 5.74) is 3.87. The molecule has 2 nitrogen and oxygen atoms in total. The third kappa shape index (κ3) is 3.22. The number of ether oxygens (including phenoxy) is 1. The lowest BCUT2D eigenvalue weighted by atomic mass is 9.91. The molecule has 0 spiro atoms. The van der Waals surface area contributed by atoms with E-state index in [1.165, 1.54) is 16.7 Å². The van der Waals surface area contributed by atoms with E-state index in [2.05, 4.69) is 45.1 Å². The topological polar surface area (TPSA) is 21.3 Å². The van der Waals surface area contributed by atoms with Gasteiger partial charge in [0.15, 0.2) is 0 Å². The highest BCUT2D eigenvalue weighted by Gasteiger charge is 2.16. The van der Waals surface area contributed by atoms with Gasteiger partial charge in [-0.1, -0.05) is 19.1 Å². The summed E-state index contributed by atoms with van der Waals surface area (Å²) in [6.45, 7) is 8.74. The zero-order chi connectivity index (χ0) is 13.0. The second kappa shape index (κ2) is 6.06. The minimum absolute atomic E-state index is 0.506. The molecule has 0 radical (unpaired) electrons. The highest BCUT2D eigenvalue weighted by Crippen LogP contribution is 2.33. The van der Waals surface area contributed by atoms with Gasteiger partial charge in [-0.15, -0.1) is 0 Å². The molecule has 1 aromatic carbocycles. The standard InChI is InChI=1S/C15H25NO/c1-10-7-8-14(15(17-6)13(10)4)11(2)9-12(3)16-5/h7-8,11-12,16H,9H2,1-6H3. The van der Waals surface area contributed by atoms with Crippen LogP contribution in [0.15, 0.2) is 12.1 Å². The molecule has 0 fully saturated rings. The Hall–Kier alpha value is -1.02. The van der Waals surface area contributed by atoms with E-state index < -0.39 is 0 Å². The molecule has 2 atom stereocenters. The maximum Gasteiger partial charge on any atom is 0.125 e. The van der Waals surface area contributed by atoms with Crippen LogP contribution in [0.25, 0.3) is 0 Å². The van der Waals surface area contributed by atoms with Gasteiger partial charge in [0.2, 0.25) is 0 Å². The van der Waals surface area contributed by atoms with E-state index in [4.69, 9.17) is 4.74 Å². The fourth-order valence-corrected chi connectivity index (χ4v) is 2.25. The molecule has 0 saturated carbocycles. The average Bonchev–Trinajstić information content (AvgIpc) is 2.31. The number of hydrogen-bond donors (Lipinski definition) is 1. The molecule has 2 unspecified atom stereocenters. The number of hydrogen-bond acceptors (Lipinski definition) is 2. The second-order valence-corrected chi connectivity index (χ2v) is 4.96. The van der Waals surface area contributed by atoms with Crippen LogP contribution in [0.5, 0.6) is 5.75 Å². The Morgan fingerprint density at radius 2 is 1.88 bits per heavy atom. The summed E-state index contributed by atoms with van der Waals surface area (Å²) >= 11 is 0. The summed E-state index contributed by atoms with van der Waals surface area (Å²) in [6, 6.07) is 4.92. The summed E-state index contributed by atoms with van der Waals surface area (Å²) in [6.07, 6.45) is 1.12. The van der Waals surface area contributed by atoms with Gasteiger partial charge in [-0.25, -0.2) is 0 Å². The van der Waals surface area contributed by atoms with Gasteiger partial charge >= 0.3 is 0 Å². The molecule has 0 heterocycles. The largest absolute Gasteiger partial charge is 0.496 e. The third-order valence-corrected chi connectivity index (χ3v) is 3.64. The quantitative estimate of drug-likeness (QED) is 0.844. The normalized spacial score (nSPS) is 14.5. The molecule has 0 aliphatic carbocycles. The van der Waals surface area contributed by atoms with Crippen LogP contribution in [-0.2, 0) is 0 Å². The van der Waals surface area contributed by atoms with Gasteiger partial charge in [0.05, 0.1) is 7.11 Å². The fraction of sp³-hybridized carbons (Fsp3) is 0.600. The lowest BCUT2D eigenvalue weighted by Gasteiger charge is -2.21. The molecule has 0 aromatic heterocycles. The number of aryl methyl sites for hydroxylation is 1. The van der Waals surface area contributed by atoms with Gasteiger partial charge in [-0.2, -0.15) is 0 Å². The van der Waals surface area contributed by atoms with Gasteiger partial charge < -0.3 is 10.1 Å². The first kappa shape index (κ1) is 14.0. The third-order valence-electron chi connectivity index (χ3n) is 3.64. The molecule has 0 aliphatic rings. The zero-order valence-electron chi connectivity index (χ0n) is 11.9. The predicted molar refractivity (Wildman–Crippen MR) is 74.0 cm³/mol. The smallest absolute Gasteiger partial charge is 0.125 e. The first-order valence-corrected chi connectivity index (χ1v) is 6.32. The summed E-state index contributed by atoms with van der Waals surface area (Å²) in [5, 5.41) is 3.29. The first-order chi connectivity index (χ1) is 8.01. The van der Waals surface area contributed by atoms with Crippen LogP contribution in [0, 0.1) is 13.8 Å². The first-order valence-electron chi connectivity index (χ1n) is 6.32. The molecule has 1 aromatic rings. The van der Waals surface area contributed by atoms with Crippen LogP contribution in [0.4, 0.5) is 0 Å². The molecule has 0 aliphatic heterocycles. The zero-order valence-corrected chi connectivity index (χ0v) is 11.9. The van der Waals surface area contributed by atoms with Crippen molar-refractivity contribution in [2.45, 2.75) is 46.1 Å². The molecular formula is C15H25NO. The molecule has 0 saturated heterocycles. The number of rotatable bonds is 5. The van der Waals surface area contributed by atoms with Crippen molar-refractivity contribution >= 4 is 0 Å². The van der Waals surface area contributed by atoms with Crippen molar-refractivity contribution in [3.63, 3.8) is 0 Å². The molecule has 17 heavy (non-hydrogen) atoms. The Kier molecular flexibility index (Phi) is 5.01. The van der Waals surface area contributed by atoms with Crippen molar-refractivity contribution in [1.82, 2.24) is 5.32 Å². The molecule has 1 rings (SSSR count). The minimum Gasteiger partial charge on any atom is -0.496 e. The average molecular weight is 235 g/mol. The molecule has 0 amide bonds. The maximum atomic E-state index is 5.57. The summed E-state index contributed by atoms with van der Waals surface area (Å²) in [5.74, 6) is 1.56. The Morgan fingerprint density at radius 1 is 1.24 bits per heavy atom. The van der Waals surface area contributed by atoms with Crippen LogP contribution in [-0.4, -0.2) is 20.2 Å². The van der Waals surface area contributed by atoms with Crippen molar-refractivity contribution < 1.29 is 4.74 Å². The highest BCUT2D eigenvalue weighted by molar-refractivity contribution is 5.46. The van der Waals surface area contributed by atoms with E-state index in [1.54, 1.807) is 7.11 Å². The van der Waals surface area contributed by atoms with Crippen LogP contribution in [0.1, 0.15) is 42.9 Å².